The third-order valence-corrected chi connectivity index (χ3v) is 5.69. The quantitative estimate of drug-likeness (QED) is 0.678. The summed E-state index contributed by atoms with van der Waals surface area (Å²) in [7, 11) is -3.13. The summed E-state index contributed by atoms with van der Waals surface area (Å²) in [6, 6.07) is 0.572. The molecule has 0 spiro atoms. The summed E-state index contributed by atoms with van der Waals surface area (Å²) in [6.45, 7) is 9.44. The van der Waals surface area contributed by atoms with Gasteiger partial charge in [-0.3, -0.25) is 0 Å². The summed E-state index contributed by atoms with van der Waals surface area (Å²) < 4.78 is 27.2. The monoisotopic (exact) mass is 304 g/mol. The van der Waals surface area contributed by atoms with Crippen molar-refractivity contribution < 1.29 is 8.42 Å². The van der Waals surface area contributed by atoms with Gasteiger partial charge in [0.1, 0.15) is 0 Å². The van der Waals surface area contributed by atoms with Crippen molar-refractivity contribution in [2.45, 2.75) is 78.3 Å². The van der Waals surface area contributed by atoms with Crippen molar-refractivity contribution in [2.24, 2.45) is 5.41 Å². The van der Waals surface area contributed by atoms with Gasteiger partial charge in [-0.2, -0.15) is 0 Å². The van der Waals surface area contributed by atoms with Crippen molar-refractivity contribution in [1.82, 2.24) is 10.0 Å². The highest BCUT2D eigenvalue weighted by atomic mass is 32.2. The van der Waals surface area contributed by atoms with Gasteiger partial charge in [0.25, 0.3) is 0 Å². The molecule has 5 heteroatoms. The average Bonchev–Trinajstić information content (AvgIpc) is 2.30. The molecule has 0 aliphatic heterocycles. The second kappa shape index (κ2) is 7.76. The molecule has 1 atom stereocenters. The summed E-state index contributed by atoms with van der Waals surface area (Å²) in [5.41, 5.74) is 0.0878. The topological polar surface area (TPSA) is 58.2 Å². The third kappa shape index (κ3) is 6.55. The Morgan fingerprint density at radius 3 is 2.50 bits per heavy atom. The van der Waals surface area contributed by atoms with Crippen LogP contribution in [0.15, 0.2) is 0 Å². The molecule has 0 aromatic rings. The van der Waals surface area contributed by atoms with Gasteiger partial charge in [-0.15, -0.1) is 0 Å². The summed E-state index contributed by atoms with van der Waals surface area (Å²) >= 11 is 0. The third-order valence-electron chi connectivity index (χ3n) is 4.22. The molecule has 20 heavy (non-hydrogen) atoms. The highest BCUT2D eigenvalue weighted by Gasteiger charge is 2.34. The molecule has 0 aromatic carbocycles. The largest absolute Gasteiger partial charge is 0.315 e. The maximum atomic E-state index is 12.2. The normalized spacial score (nSPS) is 23.1. The molecular weight excluding hydrogens is 272 g/mol. The molecule has 1 rings (SSSR count). The maximum Gasteiger partial charge on any atom is 0.211 e. The van der Waals surface area contributed by atoms with E-state index in [1.165, 1.54) is 6.42 Å². The van der Waals surface area contributed by atoms with Crippen molar-refractivity contribution >= 4 is 10.0 Å². The Labute approximate surface area is 125 Å². The van der Waals surface area contributed by atoms with Crippen LogP contribution in [0.25, 0.3) is 0 Å². The SMILES string of the molecule is CC(C)NCCCCS(=O)(=O)NC1CCCCC1(C)C. The summed E-state index contributed by atoms with van der Waals surface area (Å²) in [6.07, 6.45) is 6.07. The van der Waals surface area contributed by atoms with Crippen LogP contribution in [0.5, 0.6) is 0 Å². The van der Waals surface area contributed by atoms with E-state index in [1.54, 1.807) is 0 Å². The first-order valence-electron chi connectivity index (χ1n) is 7.96. The highest BCUT2D eigenvalue weighted by Crippen LogP contribution is 2.35. The van der Waals surface area contributed by atoms with Gasteiger partial charge in [-0.05, 0) is 37.6 Å². The molecule has 0 amide bonds. The van der Waals surface area contributed by atoms with Crippen molar-refractivity contribution in [3.8, 4) is 0 Å². The molecule has 0 saturated heterocycles. The molecule has 0 radical (unpaired) electrons. The maximum absolute atomic E-state index is 12.2. The summed E-state index contributed by atoms with van der Waals surface area (Å²) in [5.74, 6) is 0.249. The molecule has 0 bridgehead atoms. The van der Waals surface area contributed by atoms with E-state index in [2.05, 4.69) is 37.7 Å². The Morgan fingerprint density at radius 1 is 1.20 bits per heavy atom. The summed E-state index contributed by atoms with van der Waals surface area (Å²) in [5, 5.41) is 3.31. The Kier molecular flexibility index (Phi) is 6.95. The summed E-state index contributed by atoms with van der Waals surface area (Å²) in [4.78, 5) is 0. The predicted octanol–water partition coefficient (Wildman–Crippen LogP) is 2.65. The molecule has 120 valence electrons. The van der Waals surface area contributed by atoms with Gasteiger partial charge < -0.3 is 5.32 Å². The minimum atomic E-state index is -3.13. The molecule has 1 unspecified atom stereocenters. The fourth-order valence-corrected chi connectivity index (χ4v) is 4.37. The number of rotatable bonds is 8. The molecule has 2 N–H and O–H groups in total. The smallest absolute Gasteiger partial charge is 0.211 e. The lowest BCUT2D eigenvalue weighted by Crippen LogP contribution is -2.47. The zero-order valence-electron chi connectivity index (χ0n) is 13.5. The number of sulfonamides is 1. The van der Waals surface area contributed by atoms with E-state index in [4.69, 9.17) is 0 Å². The van der Waals surface area contributed by atoms with Crippen LogP contribution in [0, 0.1) is 5.41 Å². The van der Waals surface area contributed by atoms with Crippen LogP contribution in [-0.2, 0) is 10.0 Å². The first kappa shape index (κ1) is 17.9. The Balaban J connectivity index is 2.33. The molecular formula is C15H32N2O2S. The fourth-order valence-electron chi connectivity index (χ4n) is 2.80. The molecule has 1 saturated carbocycles. The second-order valence-electron chi connectivity index (χ2n) is 7.04. The van der Waals surface area contributed by atoms with E-state index >= 15 is 0 Å². The lowest BCUT2D eigenvalue weighted by molar-refractivity contribution is 0.188. The zero-order valence-corrected chi connectivity index (χ0v) is 14.4. The first-order valence-corrected chi connectivity index (χ1v) is 9.61. The molecule has 0 aromatic heterocycles. The molecule has 1 aliphatic carbocycles. The first-order chi connectivity index (χ1) is 9.23. The van der Waals surface area contributed by atoms with Gasteiger partial charge in [-0.25, -0.2) is 13.1 Å². The lowest BCUT2D eigenvalue weighted by Gasteiger charge is -2.38. The molecule has 4 nitrogen and oxygen atoms in total. The van der Waals surface area contributed by atoms with E-state index in [-0.39, 0.29) is 17.2 Å². The minimum Gasteiger partial charge on any atom is -0.315 e. The molecule has 1 aliphatic rings. The minimum absolute atomic E-state index is 0.0878. The number of unbranched alkanes of at least 4 members (excludes halogenated alkanes) is 1. The van der Waals surface area contributed by atoms with Gasteiger partial charge in [0.2, 0.25) is 10.0 Å². The van der Waals surface area contributed by atoms with E-state index in [9.17, 15) is 8.42 Å². The number of hydrogen-bond donors (Lipinski definition) is 2. The van der Waals surface area contributed by atoms with Gasteiger partial charge in [0, 0.05) is 12.1 Å². The second-order valence-corrected chi connectivity index (χ2v) is 8.91. The van der Waals surface area contributed by atoms with Gasteiger partial charge in [0.05, 0.1) is 5.75 Å². The van der Waals surface area contributed by atoms with Crippen molar-refractivity contribution in [3.63, 3.8) is 0 Å². The van der Waals surface area contributed by atoms with Gasteiger partial charge >= 0.3 is 0 Å². The lowest BCUT2D eigenvalue weighted by atomic mass is 9.74. The Bertz CT molecular complexity index is 377. The van der Waals surface area contributed by atoms with Crippen LogP contribution < -0.4 is 10.0 Å². The van der Waals surface area contributed by atoms with Gasteiger partial charge in [-0.1, -0.05) is 40.5 Å². The Morgan fingerprint density at radius 2 is 1.90 bits per heavy atom. The van der Waals surface area contributed by atoms with Crippen LogP contribution in [0.2, 0.25) is 0 Å². The van der Waals surface area contributed by atoms with Crippen LogP contribution in [0.3, 0.4) is 0 Å². The molecule has 1 fully saturated rings. The number of nitrogens with one attached hydrogen (secondary N) is 2. The Hall–Kier alpha value is -0.130. The zero-order chi connectivity index (χ0) is 15.2. The van der Waals surface area contributed by atoms with E-state index in [1.807, 2.05) is 0 Å². The van der Waals surface area contributed by atoms with Crippen LogP contribution >= 0.6 is 0 Å². The van der Waals surface area contributed by atoms with Gasteiger partial charge in [0.15, 0.2) is 0 Å². The van der Waals surface area contributed by atoms with Crippen molar-refractivity contribution in [1.29, 1.82) is 0 Å². The van der Waals surface area contributed by atoms with E-state index in [0.717, 1.165) is 38.6 Å². The van der Waals surface area contributed by atoms with E-state index in [0.29, 0.717) is 6.04 Å². The van der Waals surface area contributed by atoms with Crippen molar-refractivity contribution in [2.75, 3.05) is 12.3 Å². The fraction of sp³-hybridized carbons (Fsp3) is 1.00. The number of hydrogen-bond acceptors (Lipinski definition) is 3. The van der Waals surface area contributed by atoms with Crippen LogP contribution in [0.1, 0.15) is 66.2 Å². The van der Waals surface area contributed by atoms with Crippen LogP contribution in [0.4, 0.5) is 0 Å². The highest BCUT2D eigenvalue weighted by molar-refractivity contribution is 7.89. The standard InChI is InChI=1S/C15H32N2O2S/c1-13(2)16-11-7-8-12-20(18,19)17-14-9-5-6-10-15(14,3)4/h13-14,16-17H,5-12H2,1-4H3. The van der Waals surface area contributed by atoms with E-state index < -0.39 is 10.0 Å². The average molecular weight is 305 g/mol. The predicted molar refractivity (Wildman–Crippen MR) is 85.3 cm³/mol. The van der Waals surface area contributed by atoms with Crippen molar-refractivity contribution in [3.05, 3.63) is 0 Å². The molecule has 0 heterocycles. The van der Waals surface area contributed by atoms with Crippen LogP contribution in [-0.4, -0.2) is 32.8 Å².